The van der Waals surface area contributed by atoms with E-state index in [2.05, 4.69) is 30.1 Å². The van der Waals surface area contributed by atoms with Gasteiger partial charge < -0.3 is 14.8 Å². The number of allylic oxidation sites excluding steroid dienone is 1. The lowest BCUT2D eigenvalue weighted by Gasteiger charge is -2.15. The van der Waals surface area contributed by atoms with Crippen LogP contribution in [0.1, 0.15) is 29.0 Å². The summed E-state index contributed by atoms with van der Waals surface area (Å²) in [4.78, 5) is 24.2. The number of pyridine rings is 1. The van der Waals surface area contributed by atoms with Crippen LogP contribution in [-0.4, -0.2) is 52.7 Å². The number of ether oxygens (including phenoxy) is 2. The van der Waals surface area contributed by atoms with Crippen LogP contribution in [0.3, 0.4) is 0 Å². The lowest BCUT2D eigenvalue weighted by molar-refractivity contribution is 0.0958. The average Bonchev–Trinajstić information content (AvgIpc) is 3.26. The Morgan fingerprint density at radius 1 is 1.24 bits per heavy atom. The normalized spacial score (nSPS) is 13.6. The number of nitrogens with zero attached hydrogens (tertiary/aromatic N) is 5. The summed E-state index contributed by atoms with van der Waals surface area (Å²) in [6.07, 6.45) is 7.05. The van der Waals surface area contributed by atoms with Gasteiger partial charge in [0, 0.05) is 31.9 Å². The van der Waals surface area contributed by atoms with Crippen LogP contribution in [-0.2, 0) is 21.8 Å². The molecular formula is C20H21N7O5S. The van der Waals surface area contributed by atoms with Crippen molar-refractivity contribution in [2.45, 2.75) is 17.7 Å². The van der Waals surface area contributed by atoms with Crippen molar-refractivity contribution in [3.8, 4) is 11.6 Å². The molecule has 1 aliphatic heterocycles. The molecule has 12 nitrogen and oxygen atoms in total. The molecule has 0 aromatic carbocycles. The van der Waals surface area contributed by atoms with Gasteiger partial charge in [-0.15, -0.1) is 0 Å². The van der Waals surface area contributed by atoms with E-state index in [9.17, 15) is 13.2 Å². The molecule has 0 spiro atoms. The van der Waals surface area contributed by atoms with E-state index < -0.39 is 10.0 Å². The third-order valence-corrected chi connectivity index (χ3v) is 5.88. The summed E-state index contributed by atoms with van der Waals surface area (Å²) in [7, 11) is -0.848. The van der Waals surface area contributed by atoms with Crippen molar-refractivity contribution in [2.24, 2.45) is 7.05 Å². The van der Waals surface area contributed by atoms with Gasteiger partial charge in [0.2, 0.25) is 11.8 Å². The zero-order valence-electron chi connectivity index (χ0n) is 17.8. The van der Waals surface area contributed by atoms with Gasteiger partial charge in [0.05, 0.1) is 31.0 Å². The quantitative estimate of drug-likeness (QED) is 0.525. The van der Waals surface area contributed by atoms with E-state index in [0.717, 1.165) is 12.0 Å². The van der Waals surface area contributed by atoms with Crippen molar-refractivity contribution in [1.82, 2.24) is 30.0 Å². The van der Waals surface area contributed by atoms with Crippen molar-refractivity contribution in [3.63, 3.8) is 0 Å². The Morgan fingerprint density at radius 3 is 2.73 bits per heavy atom. The third-order valence-electron chi connectivity index (χ3n) is 4.60. The molecular weight excluding hydrogens is 450 g/mol. The van der Waals surface area contributed by atoms with Crippen LogP contribution in [0.15, 0.2) is 47.9 Å². The first-order valence-corrected chi connectivity index (χ1v) is 11.4. The number of hydrogen-bond acceptors (Lipinski definition) is 9. The zero-order valence-corrected chi connectivity index (χ0v) is 18.7. The summed E-state index contributed by atoms with van der Waals surface area (Å²) in [6, 6.07) is 4.64. The number of aromatic nitrogens is 5. The molecule has 0 aliphatic carbocycles. The minimum atomic E-state index is -3.97. The summed E-state index contributed by atoms with van der Waals surface area (Å²) >= 11 is 0. The molecule has 1 aliphatic rings. The summed E-state index contributed by atoms with van der Waals surface area (Å²) in [6.45, 7) is 0.599. The first-order valence-electron chi connectivity index (χ1n) is 9.91. The number of sulfonamides is 1. The zero-order chi connectivity index (χ0) is 23.4. The molecule has 4 heterocycles. The fourth-order valence-electron chi connectivity index (χ4n) is 2.98. The Bertz CT molecular complexity index is 1300. The highest BCUT2D eigenvalue weighted by molar-refractivity contribution is 7.92. The molecule has 1 amide bonds. The molecule has 2 N–H and O–H groups in total. The van der Waals surface area contributed by atoms with Gasteiger partial charge in [-0.3, -0.25) is 9.48 Å². The van der Waals surface area contributed by atoms with Gasteiger partial charge in [0.25, 0.3) is 15.9 Å². The van der Waals surface area contributed by atoms with Gasteiger partial charge in [0.15, 0.2) is 0 Å². The van der Waals surface area contributed by atoms with Gasteiger partial charge in [-0.25, -0.2) is 23.1 Å². The van der Waals surface area contributed by atoms with Crippen LogP contribution in [0.25, 0.3) is 5.57 Å². The van der Waals surface area contributed by atoms with E-state index >= 15 is 0 Å². The second-order valence-electron chi connectivity index (χ2n) is 7.05. The van der Waals surface area contributed by atoms with E-state index in [0.29, 0.717) is 24.5 Å². The fourth-order valence-corrected chi connectivity index (χ4v) is 3.91. The van der Waals surface area contributed by atoms with E-state index in [1.807, 2.05) is 0 Å². The van der Waals surface area contributed by atoms with Gasteiger partial charge in [0.1, 0.15) is 16.3 Å². The van der Waals surface area contributed by atoms with Gasteiger partial charge >= 0.3 is 0 Å². The summed E-state index contributed by atoms with van der Waals surface area (Å²) < 4.78 is 40.4. The Morgan fingerprint density at radius 2 is 2.09 bits per heavy atom. The fraction of sp³-hybridized carbons (Fsp3) is 0.250. The Balaban J connectivity index is 1.66. The lowest BCUT2D eigenvalue weighted by atomic mass is 10.1. The van der Waals surface area contributed by atoms with Crippen molar-refractivity contribution < 1.29 is 22.7 Å². The maximum atomic E-state index is 12.7. The monoisotopic (exact) mass is 471 g/mol. The SMILES string of the molecule is CNC(=O)c1ccc(Oc2cc(C3=COCCC3)nc(NS(=O)(=O)c3cnn(C)c3)n2)cn1. The number of anilines is 1. The molecule has 172 valence electrons. The lowest BCUT2D eigenvalue weighted by Crippen LogP contribution is -2.18. The van der Waals surface area contributed by atoms with Crippen molar-refractivity contribution in [1.29, 1.82) is 0 Å². The largest absolute Gasteiger partial charge is 0.501 e. The molecule has 33 heavy (non-hydrogen) atoms. The number of hydrogen-bond donors (Lipinski definition) is 2. The highest BCUT2D eigenvalue weighted by atomic mass is 32.2. The standard InChI is InChI=1S/C20H21N7O5S/c1-21-19(28)16-6-5-14(9-22-16)32-18-8-17(13-4-3-7-31-12-13)24-20(25-18)26-33(29,30)15-10-23-27(2)11-15/h5-6,8-12H,3-4,7H2,1-2H3,(H,21,28)(H,24,25,26). The average molecular weight is 471 g/mol. The van der Waals surface area contributed by atoms with Gasteiger partial charge in [-0.2, -0.15) is 10.1 Å². The second-order valence-corrected chi connectivity index (χ2v) is 8.73. The van der Waals surface area contributed by atoms with Crippen LogP contribution in [0.2, 0.25) is 0 Å². The molecule has 0 atom stereocenters. The van der Waals surface area contributed by atoms with E-state index in [4.69, 9.17) is 9.47 Å². The minimum Gasteiger partial charge on any atom is -0.501 e. The number of carbonyl (C=O) groups excluding carboxylic acids is 1. The number of amides is 1. The maximum Gasteiger partial charge on any atom is 0.269 e. The van der Waals surface area contributed by atoms with Gasteiger partial charge in [-0.1, -0.05) is 0 Å². The van der Waals surface area contributed by atoms with Crippen LogP contribution >= 0.6 is 0 Å². The van der Waals surface area contributed by atoms with E-state index in [1.165, 1.54) is 36.4 Å². The van der Waals surface area contributed by atoms with Crippen molar-refractivity contribution in [3.05, 3.63) is 54.4 Å². The first kappa shape index (κ1) is 22.2. The number of aryl methyl sites for hydroxylation is 1. The minimum absolute atomic E-state index is 0.0318. The molecule has 0 saturated heterocycles. The van der Waals surface area contributed by atoms with Crippen molar-refractivity contribution >= 4 is 27.5 Å². The number of carbonyl (C=O) groups is 1. The molecule has 0 saturated carbocycles. The molecule has 13 heteroatoms. The molecule has 3 aromatic rings. The molecule has 0 fully saturated rings. The highest BCUT2D eigenvalue weighted by Gasteiger charge is 2.20. The van der Waals surface area contributed by atoms with Crippen LogP contribution in [0.4, 0.5) is 5.95 Å². The van der Waals surface area contributed by atoms with Gasteiger partial charge in [-0.05, 0) is 25.0 Å². The predicted octanol–water partition coefficient (Wildman–Crippen LogP) is 1.71. The maximum absolute atomic E-state index is 12.7. The summed E-state index contributed by atoms with van der Waals surface area (Å²) in [5.74, 6) is -0.109. The van der Waals surface area contributed by atoms with E-state index in [1.54, 1.807) is 25.4 Å². The van der Waals surface area contributed by atoms with Crippen LogP contribution in [0.5, 0.6) is 11.6 Å². The molecule has 0 unspecified atom stereocenters. The molecule has 0 bridgehead atoms. The molecule has 3 aromatic heterocycles. The van der Waals surface area contributed by atoms with Crippen molar-refractivity contribution in [2.75, 3.05) is 18.4 Å². The summed E-state index contributed by atoms with van der Waals surface area (Å²) in [5, 5.41) is 6.37. The Labute approximate surface area is 189 Å². The molecule has 0 radical (unpaired) electrons. The number of nitrogens with one attached hydrogen (secondary N) is 2. The third kappa shape index (κ3) is 5.26. The highest BCUT2D eigenvalue weighted by Crippen LogP contribution is 2.28. The Kier molecular flexibility index (Phi) is 6.22. The predicted molar refractivity (Wildman–Crippen MR) is 117 cm³/mol. The van der Waals surface area contributed by atoms with Crippen LogP contribution in [0, 0.1) is 0 Å². The topological polar surface area (TPSA) is 150 Å². The smallest absolute Gasteiger partial charge is 0.269 e. The van der Waals surface area contributed by atoms with Crippen LogP contribution < -0.4 is 14.8 Å². The number of rotatable bonds is 7. The summed E-state index contributed by atoms with van der Waals surface area (Å²) in [5.41, 5.74) is 1.46. The molecule has 4 rings (SSSR count). The van der Waals surface area contributed by atoms with E-state index in [-0.39, 0.29) is 28.3 Å². The second kappa shape index (κ2) is 9.24. The first-order chi connectivity index (χ1) is 15.8. The Hall–Kier alpha value is -4.00.